The lowest BCUT2D eigenvalue weighted by Gasteiger charge is -2.42. The molecule has 0 spiro atoms. The zero-order valence-electron chi connectivity index (χ0n) is 18.2. The summed E-state index contributed by atoms with van der Waals surface area (Å²) in [7, 11) is -3.09. The van der Waals surface area contributed by atoms with Gasteiger partial charge in [0, 0.05) is 42.6 Å². The average Bonchev–Trinajstić information content (AvgIpc) is 3.47. The molecule has 3 fully saturated rings. The molecule has 2 aromatic heterocycles. The van der Waals surface area contributed by atoms with Crippen LogP contribution in [0.25, 0.3) is 11.3 Å². The minimum atomic E-state index is -3.09. The van der Waals surface area contributed by atoms with Crippen molar-refractivity contribution in [2.24, 2.45) is 5.73 Å². The van der Waals surface area contributed by atoms with E-state index in [4.69, 9.17) is 10.7 Å². The van der Waals surface area contributed by atoms with E-state index in [1.165, 1.54) is 0 Å². The third-order valence-electron chi connectivity index (χ3n) is 6.72. The molecule has 31 heavy (non-hydrogen) atoms. The molecule has 2 aliphatic carbocycles. The maximum absolute atomic E-state index is 12.4. The predicted octanol–water partition coefficient (Wildman–Crippen LogP) is 2.07. The first-order chi connectivity index (χ1) is 14.7. The fourth-order valence-corrected chi connectivity index (χ4v) is 6.55. The number of hydrogen-bond donors (Lipinski definition) is 2. The molecular weight excluding hydrogens is 414 g/mol. The minimum absolute atomic E-state index is 0.0910. The molecule has 3 N–H and O–H groups in total. The van der Waals surface area contributed by atoms with Crippen molar-refractivity contribution in [1.82, 2.24) is 24.1 Å². The molecule has 0 amide bonds. The van der Waals surface area contributed by atoms with Gasteiger partial charge in [0.25, 0.3) is 0 Å². The van der Waals surface area contributed by atoms with Crippen molar-refractivity contribution in [3.05, 3.63) is 24.2 Å². The Morgan fingerprint density at radius 2 is 1.87 bits per heavy atom. The van der Waals surface area contributed by atoms with Crippen LogP contribution in [0.1, 0.15) is 57.1 Å². The number of aryl methyl sites for hydroxylation is 1. The first kappa shape index (κ1) is 20.8. The van der Waals surface area contributed by atoms with Gasteiger partial charge in [0.1, 0.15) is 0 Å². The molecule has 3 heterocycles. The van der Waals surface area contributed by atoms with E-state index in [0.717, 1.165) is 55.3 Å². The third-order valence-corrected chi connectivity index (χ3v) is 9.12. The van der Waals surface area contributed by atoms with Crippen molar-refractivity contribution in [1.29, 1.82) is 0 Å². The molecule has 0 bridgehead atoms. The van der Waals surface area contributed by atoms with Gasteiger partial charge < -0.3 is 11.1 Å². The largest absolute Gasteiger partial charge is 0.351 e. The molecule has 1 aliphatic heterocycles. The Kier molecular flexibility index (Phi) is 5.06. The van der Waals surface area contributed by atoms with E-state index in [-0.39, 0.29) is 16.8 Å². The fraction of sp³-hybridized carbons (Fsp3) is 0.667. The van der Waals surface area contributed by atoms with Gasteiger partial charge in [0.15, 0.2) is 0 Å². The molecule has 0 radical (unpaired) electrons. The van der Waals surface area contributed by atoms with Crippen LogP contribution in [0, 0.1) is 6.92 Å². The number of sulfonamides is 1. The number of aromatic nitrogens is 4. The molecule has 1 saturated heterocycles. The summed E-state index contributed by atoms with van der Waals surface area (Å²) in [5.74, 6) is 0.579. The monoisotopic (exact) mass is 445 g/mol. The SMILES string of the molecule is Cc1cnc(NC2CCN(S(=O)(=O)C3CC3)CC2)nc1-c1cnn(C2CC(C)(N)C2)c1. The second-order valence-electron chi connectivity index (χ2n) is 9.71. The molecule has 10 heteroatoms. The van der Waals surface area contributed by atoms with Crippen LogP contribution in [0.3, 0.4) is 0 Å². The molecule has 0 unspecified atom stereocenters. The van der Waals surface area contributed by atoms with E-state index in [9.17, 15) is 8.42 Å². The van der Waals surface area contributed by atoms with E-state index in [1.807, 2.05) is 30.2 Å². The molecule has 5 rings (SSSR count). The summed E-state index contributed by atoms with van der Waals surface area (Å²) in [6, 6.07) is 0.515. The van der Waals surface area contributed by atoms with Gasteiger partial charge in [-0.2, -0.15) is 5.10 Å². The van der Waals surface area contributed by atoms with Crippen LogP contribution in [0.15, 0.2) is 18.6 Å². The third kappa shape index (κ3) is 4.20. The Hall–Kier alpha value is -2.04. The summed E-state index contributed by atoms with van der Waals surface area (Å²) in [6.45, 7) is 5.19. The summed E-state index contributed by atoms with van der Waals surface area (Å²) in [4.78, 5) is 9.21. The number of nitrogens with one attached hydrogen (secondary N) is 1. The standard InChI is InChI=1S/C21H31N7O2S/c1-14-11-23-20(25-16-5-7-27(8-6-16)31(29,30)18-3-4-18)26-19(14)15-12-24-28(13-15)17-9-21(2,22)10-17/h11-13,16-18H,3-10,22H2,1-2H3,(H,23,25,26). The zero-order valence-corrected chi connectivity index (χ0v) is 19.0. The number of piperidine rings is 1. The molecule has 9 nitrogen and oxygen atoms in total. The van der Waals surface area contributed by atoms with E-state index in [2.05, 4.69) is 22.3 Å². The van der Waals surface area contributed by atoms with E-state index in [0.29, 0.717) is 25.1 Å². The number of nitrogens with two attached hydrogens (primary N) is 1. The van der Waals surface area contributed by atoms with Gasteiger partial charge in [-0.1, -0.05) is 0 Å². The summed E-state index contributed by atoms with van der Waals surface area (Å²) < 4.78 is 28.5. The Labute approximate surface area is 183 Å². The van der Waals surface area contributed by atoms with Crippen molar-refractivity contribution in [3.63, 3.8) is 0 Å². The van der Waals surface area contributed by atoms with Gasteiger partial charge >= 0.3 is 0 Å². The van der Waals surface area contributed by atoms with Crippen LogP contribution in [0.5, 0.6) is 0 Å². The maximum atomic E-state index is 12.4. The molecule has 2 saturated carbocycles. The number of anilines is 1. The second-order valence-corrected chi connectivity index (χ2v) is 11.9. The first-order valence-electron chi connectivity index (χ1n) is 11.1. The normalized spacial score (nSPS) is 27.8. The summed E-state index contributed by atoms with van der Waals surface area (Å²) in [5.41, 5.74) is 8.89. The average molecular weight is 446 g/mol. The summed E-state index contributed by atoms with van der Waals surface area (Å²) in [5, 5.41) is 7.81. The van der Waals surface area contributed by atoms with Crippen LogP contribution in [0.2, 0.25) is 0 Å². The van der Waals surface area contributed by atoms with E-state index >= 15 is 0 Å². The first-order valence-corrected chi connectivity index (χ1v) is 12.6. The van der Waals surface area contributed by atoms with Crippen molar-refractivity contribution < 1.29 is 8.42 Å². The number of rotatable bonds is 6. The highest BCUT2D eigenvalue weighted by Crippen LogP contribution is 2.39. The van der Waals surface area contributed by atoms with E-state index < -0.39 is 10.0 Å². The molecular formula is C21H31N7O2S. The van der Waals surface area contributed by atoms with Gasteiger partial charge in [-0.3, -0.25) is 4.68 Å². The zero-order chi connectivity index (χ0) is 21.8. The lowest BCUT2D eigenvalue weighted by atomic mass is 9.75. The smallest absolute Gasteiger partial charge is 0.223 e. The molecule has 0 atom stereocenters. The second kappa shape index (κ2) is 7.53. The highest BCUT2D eigenvalue weighted by molar-refractivity contribution is 7.90. The Morgan fingerprint density at radius 1 is 1.16 bits per heavy atom. The fourth-order valence-electron chi connectivity index (χ4n) is 4.68. The van der Waals surface area contributed by atoms with Gasteiger partial charge in [-0.25, -0.2) is 22.7 Å². The van der Waals surface area contributed by atoms with E-state index in [1.54, 1.807) is 4.31 Å². The van der Waals surface area contributed by atoms with Crippen molar-refractivity contribution in [3.8, 4) is 11.3 Å². The van der Waals surface area contributed by atoms with Crippen LogP contribution >= 0.6 is 0 Å². The Balaban J connectivity index is 1.24. The molecule has 0 aromatic carbocycles. The van der Waals surface area contributed by atoms with Crippen molar-refractivity contribution >= 4 is 16.0 Å². The lowest BCUT2D eigenvalue weighted by molar-refractivity contribution is 0.160. The summed E-state index contributed by atoms with van der Waals surface area (Å²) >= 11 is 0. The van der Waals surface area contributed by atoms with Crippen LogP contribution < -0.4 is 11.1 Å². The molecule has 2 aromatic rings. The number of nitrogens with zero attached hydrogens (tertiary/aromatic N) is 5. The van der Waals surface area contributed by atoms with Gasteiger partial charge in [-0.05, 0) is 57.9 Å². The van der Waals surface area contributed by atoms with Crippen LogP contribution in [-0.2, 0) is 10.0 Å². The van der Waals surface area contributed by atoms with Crippen LogP contribution in [0.4, 0.5) is 5.95 Å². The Morgan fingerprint density at radius 3 is 2.52 bits per heavy atom. The van der Waals surface area contributed by atoms with Crippen LogP contribution in [-0.4, -0.2) is 62.4 Å². The Bertz CT molecular complexity index is 1060. The minimum Gasteiger partial charge on any atom is -0.351 e. The highest BCUT2D eigenvalue weighted by Gasteiger charge is 2.41. The maximum Gasteiger partial charge on any atom is 0.223 e. The van der Waals surface area contributed by atoms with Gasteiger partial charge in [0.05, 0.1) is 23.2 Å². The van der Waals surface area contributed by atoms with Gasteiger partial charge in [0.2, 0.25) is 16.0 Å². The number of hydrogen-bond acceptors (Lipinski definition) is 7. The predicted molar refractivity (Wildman–Crippen MR) is 119 cm³/mol. The quantitative estimate of drug-likeness (QED) is 0.698. The molecule has 168 valence electrons. The summed E-state index contributed by atoms with van der Waals surface area (Å²) in [6.07, 6.45) is 10.7. The van der Waals surface area contributed by atoms with Gasteiger partial charge in [-0.15, -0.1) is 0 Å². The topological polar surface area (TPSA) is 119 Å². The van der Waals surface area contributed by atoms with Crippen molar-refractivity contribution in [2.75, 3.05) is 18.4 Å². The lowest BCUT2D eigenvalue weighted by Crippen LogP contribution is -2.49. The highest BCUT2D eigenvalue weighted by atomic mass is 32.2. The van der Waals surface area contributed by atoms with Crippen molar-refractivity contribution in [2.45, 2.75) is 75.2 Å². The molecule has 3 aliphatic rings.